The van der Waals surface area contributed by atoms with Crippen LogP contribution in [-0.2, 0) is 18.4 Å². The lowest BCUT2D eigenvalue weighted by Gasteiger charge is -2.20. The molecule has 1 heterocycles. The Morgan fingerprint density at radius 3 is 2.80 bits per heavy atom. The minimum Gasteiger partial charge on any atom is -0.380 e. The molecular weight excluding hydrogens is 254 g/mol. The molecule has 2 aromatic rings. The number of carbonyl (C=O) groups excluding carboxylic acids is 1. The van der Waals surface area contributed by atoms with E-state index in [0.29, 0.717) is 19.4 Å². The van der Waals surface area contributed by atoms with Crippen molar-refractivity contribution in [2.75, 3.05) is 0 Å². The van der Waals surface area contributed by atoms with Crippen LogP contribution in [0.25, 0.3) is 11.0 Å². The second-order valence-electron chi connectivity index (χ2n) is 5.50. The molecule has 1 saturated carbocycles. The van der Waals surface area contributed by atoms with Gasteiger partial charge in [-0.2, -0.15) is 0 Å². The SMILES string of the molecule is Cn1c(CNC(=O)C2(O)CCCC2)nc2ccccc21. The summed E-state index contributed by atoms with van der Waals surface area (Å²) >= 11 is 0. The van der Waals surface area contributed by atoms with Gasteiger partial charge in [-0.25, -0.2) is 4.98 Å². The quantitative estimate of drug-likeness (QED) is 0.890. The van der Waals surface area contributed by atoms with Gasteiger partial charge in [-0.1, -0.05) is 12.1 Å². The Morgan fingerprint density at radius 2 is 2.10 bits per heavy atom. The molecule has 0 atom stereocenters. The van der Waals surface area contributed by atoms with Crippen LogP contribution in [0.2, 0.25) is 0 Å². The van der Waals surface area contributed by atoms with Crippen LogP contribution in [0.4, 0.5) is 0 Å². The van der Waals surface area contributed by atoms with Gasteiger partial charge in [-0.05, 0) is 37.8 Å². The van der Waals surface area contributed by atoms with E-state index in [2.05, 4.69) is 10.3 Å². The maximum atomic E-state index is 12.1. The van der Waals surface area contributed by atoms with Crippen LogP contribution < -0.4 is 5.32 Å². The summed E-state index contributed by atoms with van der Waals surface area (Å²) in [6.45, 7) is 0.340. The number of rotatable bonds is 3. The van der Waals surface area contributed by atoms with Gasteiger partial charge < -0.3 is 15.0 Å². The highest BCUT2D eigenvalue weighted by molar-refractivity contribution is 5.85. The highest BCUT2D eigenvalue weighted by Crippen LogP contribution is 2.29. The summed E-state index contributed by atoms with van der Waals surface area (Å²) in [5.41, 5.74) is 0.778. The number of fused-ring (bicyclic) bond motifs is 1. The molecule has 0 spiro atoms. The van der Waals surface area contributed by atoms with Gasteiger partial charge in [0.05, 0.1) is 17.6 Å². The van der Waals surface area contributed by atoms with Crippen molar-refractivity contribution in [2.45, 2.75) is 37.8 Å². The highest BCUT2D eigenvalue weighted by atomic mass is 16.3. The Bertz CT molecular complexity index is 642. The number of amides is 1. The van der Waals surface area contributed by atoms with E-state index >= 15 is 0 Å². The standard InChI is InChI=1S/C15H19N3O2/c1-18-12-7-3-2-6-11(12)17-13(18)10-16-14(19)15(20)8-4-5-9-15/h2-3,6-7,20H,4-5,8-10H2,1H3,(H,16,19). The number of aromatic nitrogens is 2. The Hall–Kier alpha value is -1.88. The molecule has 106 valence electrons. The molecule has 5 nitrogen and oxygen atoms in total. The molecule has 1 fully saturated rings. The van der Waals surface area contributed by atoms with Gasteiger partial charge in [0.25, 0.3) is 5.91 Å². The number of hydrogen-bond donors (Lipinski definition) is 2. The molecule has 1 aliphatic rings. The number of nitrogens with zero attached hydrogens (tertiary/aromatic N) is 2. The average molecular weight is 273 g/mol. The van der Waals surface area contributed by atoms with Crippen molar-refractivity contribution in [3.05, 3.63) is 30.1 Å². The van der Waals surface area contributed by atoms with E-state index in [9.17, 15) is 9.90 Å². The Balaban J connectivity index is 1.74. The number of aryl methyl sites for hydroxylation is 1. The predicted octanol–water partition coefficient (Wildman–Crippen LogP) is 1.49. The average Bonchev–Trinajstić information content (AvgIpc) is 3.03. The molecule has 0 radical (unpaired) electrons. The van der Waals surface area contributed by atoms with Crippen molar-refractivity contribution in [3.8, 4) is 0 Å². The van der Waals surface area contributed by atoms with Crippen molar-refractivity contribution >= 4 is 16.9 Å². The molecule has 0 unspecified atom stereocenters. The molecule has 0 aliphatic heterocycles. The molecule has 5 heteroatoms. The second-order valence-corrected chi connectivity index (χ2v) is 5.50. The molecule has 1 aromatic heterocycles. The Labute approximate surface area is 117 Å². The van der Waals surface area contributed by atoms with E-state index in [1.165, 1.54) is 0 Å². The molecule has 3 rings (SSSR count). The summed E-state index contributed by atoms with van der Waals surface area (Å²) in [7, 11) is 1.93. The number of hydrogen-bond acceptors (Lipinski definition) is 3. The van der Waals surface area contributed by atoms with Gasteiger partial charge in [0, 0.05) is 7.05 Å². The summed E-state index contributed by atoms with van der Waals surface area (Å²) in [5, 5.41) is 13.0. The van der Waals surface area contributed by atoms with Crippen LogP contribution in [-0.4, -0.2) is 26.2 Å². The maximum absolute atomic E-state index is 12.1. The smallest absolute Gasteiger partial charge is 0.252 e. The van der Waals surface area contributed by atoms with Gasteiger partial charge in [0.1, 0.15) is 11.4 Å². The van der Waals surface area contributed by atoms with Crippen molar-refractivity contribution in [3.63, 3.8) is 0 Å². The zero-order chi connectivity index (χ0) is 14.2. The van der Waals surface area contributed by atoms with Crippen molar-refractivity contribution < 1.29 is 9.90 Å². The lowest BCUT2D eigenvalue weighted by molar-refractivity contribution is -0.139. The van der Waals surface area contributed by atoms with E-state index in [1.54, 1.807) is 0 Å². The number of imidazole rings is 1. The molecule has 1 amide bonds. The zero-order valence-corrected chi connectivity index (χ0v) is 11.6. The summed E-state index contributed by atoms with van der Waals surface area (Å²) in [5.74, 6) is 0.517. The number of carbonyl (C=O) groups is 1. The lowest BCUT2D eigenvalue weighted by atomic mass is 10.0. The summed E-state index contributed by atoms with van der Waals surface area (Å²) in [6, 6.07) is 7.86. The molecule has 1 aliphatic carbocycles. The normalized spacial score (nSPS) is 17.5. The number of para-hydroxylation sites is 2. The van der Waals surface area contributed by atoms with Gasteiger partial charge in [0.15, 0.2) is 0 Å². The van der Waals surface area contributed by atoms with Crippen molar-refractivity contribution in [2.24, 2.45) is 7.05 Å². The van der Waals surface area contributed by atoms with Gasteiger partial charge in [-0.15, -0.1) is 0 Å². The minimum absolute atomic E-state index is 0.276. The summed E-state index contributed by atoms with van der Waals surface area (Å²) in [4.78, 5) is 16.6. The summed E-state index contributed by atoms with van der Waals surface area (Å²) in [6.07, 6.45) is 2.94. The number of aliphatic hydroxyl groups is 1. The molecular formula is C15H19N3O2. The third kappa shape index (κ3) is 2.18. The van der Waals surface area contributed by atoms with Crippen LogP contribution in [0.5, 0.6) is 0 Å². The van der Waals surface area contributed by atoms with Crippen LogP contribution in [0.1, 0.15) is 31.5 Å². The van der Waals surface area contributed by atoms with E-state index < -0.39 is 5.60 Å². The molecule has 2 N–H and O–H groups in total. The molecule has 0 saturated heterocycles. The van der Waals surface area contributed by atoms with Gasteiger partial charge in [0.2, 0.25) is 0 Å². The van der Waals surface area contributed by atoms with Crippen LogP contribution in [0.3, 0.4) is 0 Å². The fraction of sp³-hybridized carbons (Fsp3) is 0.467. The topological polar surface area (TPSA) is 67.2 Å². The minimum atomic E-state index is -1.18. The third-order valence-corrected chi connectivity index (χ3v) is 4.14. The van der Waals surface area contributed by atoms with E-state index in [-0.39, 0.29) is 5.91 Å². The van der Waals surface area contributed by atoms with Crippen LogP contribution >= 0.6 is 0 Å². The van der Waals surface area contributed by atoms with E-state index in [4.69, 9.17) is 0 Å². The first-order valence-corrected chi connectivity index (χ1v) is 7.01. The Kier molecular flexibility index (Phi) is 3.22. The third-order valence-electron chi connectivity index (χ3n) is 4.14. The van der Waals surface area contributed by atoms with Crippen molar-refractivity contribution in [1.82, 2.24) is 14.9 Å². The maximum Gasteiger partial charge on any atom is 0.252 e. The first-order chi connectivity index (χ1) is 9.60. The monoisotopic (exact) mass is 273 g/mol. The van der Waals surface area contributed by atoms with Gasteiger partial charge in [-0.3, -0.25) is 4.79 Å². The lowest BCUT2D eigenvalue weighted by Crippen LogP contribution is -2.44. The number of nitrogens with one attached hydrogen (secondary N) is 1. The second kappa shape index (κ2) is 4.90. The van der Waals surface area contributed by atoms with E-state index in [0.717, 1.165) is 29.7 Å². The van der Waals surface area contributed by atoms with Crippen LogP contribution in [0, 0.1) is 0 Å². The fourth-order valence-corrected chi connectivity index (χ4v) is 2.86. The largest absolute Gasteiger partial charge is 0.380 e. The fourth-order valence-electron chi connectivity index (χ4n) is 2.86. The van der Waals surface area contributed by atoms with Gasteiger partial charge >= 0.3 is 0 Å². The predicted molar refractivity (Wildman–Crippen MR) is 76.0 cm³/mol. The zero-order valence-electron chi connectivity index (χ0n) is 11.6. The van der Waals surface area contributed by atoms with Crippen LogP contribution in [0.15, 0.2) is 24.3 Å². The molecule has 0 bridgehead atoms. The first-order valence-electron chi connectivity index (χ1n) is 7.01. The first kappa shape index (κ1) is 13.1. The highest BCUT2D eigenvalue weighted by Gasteiger charge is 2.38. The molecule has 20 heavy (non-hydrogen) atoms. The number of benzene rings is 1. The Morgan fingerprint density at radius 1 is 1.40 bits per heavy atom. The van der Waals surface area contributed by atoms with Crippen molar-refractivity contribution in [1.29, 1.82) is 0 Å². The van der Waals surface area contributed by atoms with E-state index in [1.807, 2.05) is 35.9 Å². The molecule has 1 aromatic carbocycles. The summed E-state index contributed by atoms with van der Waals surface area (Å²) < 4.78 is 1.97.